The summed E-state index contributed by atoms with van der Waals surface area (Å²) in [7, 11) is 1.68. The van der Waals surface area contributed by atoms with Gasteiger partial charge in [-0.3, -0.25) is 4.79 Å². The standard InChI is InChI=1S/C15H30O3/c1-4-6-7-8-9-10-11-15(16)18-13-14(5-2)12-17-3/h14H,4-13H2,1-3H3. The van der Waals surface area contributed by atoms with Crippen LogP contribution in [0.5, 0.6) is 0 Å². The number of esters is 1. The molecule has 1 atom stereocenters. The van der Waals surface area contributed by atoms with E-state index in [1.54, 1.807) is 7.11 Å². The van der Waals surface area contributed by atoms with E-state index < -0.39 is 0 Å². The van der Waals surface area contributed by atoms with Gasteiger partial charge in [0.2, 0.25) is 0 Å². The minimum atomic E-state index is -0.0555. The van der Waals surface area contributed by atoms with Gasteiger partial charge in [0.25, 0.3) is 0 Å². The Kier molecular flexibility index (Phi) is 12.5. The molecule has 0 radical (unpaired) electrons. The maximum atomic E-state index is 11.5. The van der Waals surface area contributed by atoms with Crippen LogP contribution in [0.4, 0.5) is 0 Å². The first-order chi connectivity index (χ1) is 8.74. The normalized spacial score (nSPS) is 12.4. The minimum Gasteiger partial charge on any atom is -0.465 e. The number of hydrogen-bond donors (Lipinski definition) is 0. The number of unbranched alkanes of at least 4 members (excludes halogenated alkanes) is 5. The molecular weight excluding hydrogens is 228 g/mol. The first-order valence-corrected chi connectivity index (χ1v) is 7.39. The van der Waals surface area contributed by atoms with Crippen molar-refractivity contribution in [2.75, 3.05) is 20.3 Å². The van der Waals surface area contributed by atoms with Crippen LogP contribution in [0.15, 0.2) is 0 Å². The van der Waals surface area contributed by atoms with Crippen molar-refractivity contribution in [3.63, 3.8) is 0 Å². The van der Waals surface area contributed by atoms with Crippen LogP contribution in [0, 0.1) is 5.92 Å². The van der Waals surface area contributed by atoms with Gasteiger partial charge < -0.3 is 9.47 Å². The van der Waals surface area contributed by atoms with Crippen molar-refractivity contribution >= 4 is 5.97 Å². The Morgan fingerprint density at radius 3 is 2.28 bits per heavy atom. The molecule has 0 heterocycles. The second-order valence-corrected chi connectivity index (χ2v) is 4.93. The average Bonchev–Trinajstić information content (AvgIpc) is 2.38. The Morgan fingerprint density at radius 1 is 1.00 bits per heavy atom. The van der Waals surface area contributed by atoms with E-state index in [2.05, 4.69) is 13.8 Å². The summed E-state index contributed by atoms with van der Waals surface area (Å²) in [5.74, 6) is 0.281. The highest BCUT2D eigenvalue weighted by Crippen LogP contribution is 2.09. The van der Waals surface area contributed by atoms with Gasteiger partial charge in [-0.15, -0.1) is 0 Å². The van der Waals surface area contributed by atoms with E-state index in [0.29, 0.717) is 25.6 Å². The summed E-state index contributed by atoms with van der Waals surface area (Å²) in [5.41, 5.74) is 0. The minimum absolute atomic E-state index is 0.0555. The lowest BCUT2D eigenvalue weighted by Crippen LogP contribution is -2.17. The Morgan fingerprint density at radius 2 is 1.67 bits per heavy atom. The zero-order valence-corrected chi connectivity index (χ0v) is 12.4. The predicted molar refractivity (Wildman–Crippen MR) is 74.6 cm³/mol. The van der Waals surface area contributed by atoms with Crippen LogP contribution in [0.2, 0.25) is 0 Å². The van der Waals surface area contributed by atoms with Crippen molar-refractivity contribution in [2.24, 2.45) is 5.92 Å². The molecule has 0 bridgehead atoms. The van der Waals surface area contributed by atoms with E-state index in [-0.39, 0.29) is 5.97 Å². The zero-order chi connectivity index (χ0) is 13.6. The molecule has 0 aromatic heterocycles. The Balaban J connectivity index is 3.41. The lowest BCUT2D eigenvalue weighted by molar-refractivity contribution is -0.145. The van der Waals surface area contributed by atoms with Crippen LogP contribution in [-0.4, -0.2) is 26.3 Å². The monoisotopic (exact) mass is 258 g/mol. The fraction of sp³-hybridized carbons (Fsp3) is 0.933. The molecule has 0 rings (SSSR count). The summed E-state index contributed by atoms with van der Waals surface area (Å²) in [5, 5.41) is 0. The fourth-order valence-corrected chi connectivity index (χ4v) is 1.85. The summed E-state index contributed by atoms with van der Waals surface area (Å²) < 4.78 is 10.3. The van der Waals surface area contributed by atoms with Crippen molar-refractivity contribution in [1.82, 2.24) is 0 Å². The van der Waals surface area contributed by atoms with Gasteiger partial charge in [-0.05, 0) is 12.8 Å². The Hall–Kier alpha value is -0.570. The zero-order valence-electron chi connectivity index (χ0n) is 12.4. The van der Waals surface area contributed by atoms with E-state index >= 15 is 0 Å². The predicted octanol–water partition coefficient (Wildman–Crippen LogP) is 3.95. The summed E-state index contributed by atoms with van der Waals surface area (Å²) in [6, 6.07) is 0. The van der Waals surface area contributed by atoms with Crippen molar-refractivity contribution in [3.05, 3.63) is 0 Å². The topological polar surface area (TPSA) is 35.5 Å². The van der Waals surface area contributed by atoms with Gasteiger partial charge in [0.05, 0.1) is 13.2 Å². The van der Waals surface area contributed by atoms with Crippen LogP contribution in [-0.2, 0) is 14.3 Å². The highest BCUT2D eigenvalue weighted by atomic mass is 16.5. The molecule has 0 aromatic rings. The molecule has 0 aliphatic carbocycles. The molecule has 0 aromatic carbocycles. The summed E-state index contributed by atoms with van der Waals surface area (Å²) >= 11 is 0. The molecule has 18 heavy (non-hydrogen) atoms. The van der Waals surface area contributed by atoms with Crippen LogP contribution in [0.25, 0.3) is 0 Å². The molecule has 0 N–H and O–H groups in total. The van der Waals surface area contributed by atoms with Crippen LogP contribution in [0.1, 0.15) is 65.2 Å². The second kappa shape index (κ2) is 12.9. The number of hydrogen-bond acceptors (Lipinski definition) is 3. The number of carbonyl (C=O) groups is 1. The van der Waals surface area contributed by atoms with Crippen LogP contribution >= 0.6 is 0 Å². The molecule has 0 aliphatic heterocycles. The lowest BCUT2D eigenvalue weighted by Gasteiger charge is -2.13. The molecule has 0 saturated carbocycles. The Labute approximate surface area is 112 Å². The van der Waals surface area contributed by atoms with Crippen LogP contribution < -0.4 is 0 Å². The maximum Gasteiger partial charge on any atom is 0.305 e. The third-order valence-electron chi connectivity index (χ3n) is 3.19. The molecule has 0 aliphatic rings. The third kappa shape index (κ3) is 10.6. The quantitative estimate of drug-likeness (QED) is 0.393. The number of ether oxygens (including phenoxy) is 2. The largest absolute Gasteiger partial charge is 0.465 e. The first kappa shape index (κ1) is 17.4. The molecule has 0 fully saturated rings. The lowest BCUT2D eigenvalue weighted by atomic mass is 10.1. The number of rotatable bonds is 12. The first-order valence-electron chi connectivity index (χ1n) is 7.39. The van der Waals surface area contributed by atoms with Gasteiger partial charge in [-0.2, -0.15) is 0 Å². The molecule has 108 valence electrons. The molecule has 0 amide bonds. The van der Waals surface area contributed by atoms with Crippen molar-refractivity contribution in [2.45, 2.75) is 65.2 Å². The van der Waals surface area contributed by atoms with E-state index in [4.69, 9.17) is 9.47 Å². The highest BCUT2D eigenvalue weighted by molar-refractivity contribution is 5.69. The second-order valence-electron chi connectivity index (χ2n) is 4.93. The molecule has 0 spiro atoms. The Bertz CT molecular complexity index is 192. The molecule has 1 unspecified atom stereocenters. The van der Waals surface area contributed by atoms with Crippen molar-refractivity contribution < 1.29 is 14.3 Å². The van der Waals surface area contributed by atoms with E-state index in [9.17, 15) is 4.79 Å². The number of methoxy groups -OCH3 is 1. The molecule has 3 heteroatoms. The summed E-state index contributed by atoms with van der Waals surface area (Å²) in [6.07, 6.45) is 8.75. The highest BCUT2D eigenvalue weighted by Gasteiger charge is 2.09. The third-order valence-corrected chi connectivity index (χ3v) is 3.19. The van der Waals surface area contributed by atoms with Gasteiger partial charge in [-0.25, -0.2) is 0 Å². The van der Waals surface area contributed by atoms with E-state index in [1.165, 1.54) is 25.7 Å². The molecule has 0 saturated heterocycles. The SMILES string of the molecule is CCCCCCCCC(=O)OCC(CC)COC. The molecular formula is C15H30O3. The van der Waals surface area contributed by atoms with Gasteiger partial charge >= 0.3 is 5.97 Å². The van der Waals surface area contributed by atoms with Crippen LogP contribution in [0.3, 0.4) is 0 Å². The van der Waals surface area contributed by atoms with Crippen molar-refractivity contribution in [1.29, 1.82) is 0 Å². The molecule has 3 nitrogen and oxygen atoms in total. The fourth-order valence-electron chi connectivity index (χ4n) is 1.85. The smallest absolute Gasteiger partial charge is 0.305 e. The van der Waals surface area contributed by atoms with Gasteiger partial charge in [-0.1, -0.05) is 46.0 Å². The number of carbonyl (C=O) groups excluding carboxylic acids is 1. The van der Waals surface area contributed by atoms with E-state index in [0.717, 1.165) is 19.3 Å². The van der Waals surface area contributed by atoms with Crippen molar-refractivity contribution in [3.8, 4) is 0 Å². The summed E-state index contributed by atoms with van der Waals surface area (Å²) in [6.45, 7) is 5.46. The van der Waals surface area contributed by atoms with Gasteiger partial charge in [0.15, 0.2) is 0 Å². The maximum absolute atomic E-state index is 11.5. The summed E-state index contributed by atoms with van der Waals surface area (Å²) in [4.78, 5) is 11.5. The van der Waals surface area contributed by atoms with Gasteiger partial charge in [0, 0.05) is 19.4 Å². The average molecular weight is 258 g/mol. The van der Waals surface area contributed by atoms with E-state index in [1.807, 2.05) is 0 Å². The van der Waals surface area contributed by atoms with Gasteiger partial charge in [0.1, 0.15) is 0 Å².